The molecule has 3 aliphatic heterocycles. The molecular formula is C27H40O6. The normalized spacial score (nSPS) is 40.1. The van der Waals surface area contributed by atoms with E-state index >= 15 is 0 Å². The first-order valence-electron chi connectivity index (χ1n) is 13.3. The summed E-state index contributed by atoms with van der Waals surface area (Å²) in [7, 11) is 0. The minimum Gasteiger partial charge on any atom is -0.462 e. The average Bonchev–Trinajstić information content (AvgIpc) is 3.35. The molecule has 8 atom stereocenters. The van der Waals surface area contributed by atoms with Gasteiger partial charge in [0.25, 0.3) is 0 Å². The van der Waals surface area contributed by atoms with Crippen molar-refractivity contribution < 1.29 is 28.5 Å². The number of ether oxygens (including phenoxy) is 5. The van der Waals surface area contributed by atoms with Gasteiger partial charge >= 0.3 is 5.97 Å². The van der Waals surface area contributed by atoms with Gasteiger partial charge < -0.3 is 23.7 Å². The minimum atomic E-state index is -0.135. The number of rotatable bonds is 8. The Bertz CT molecular complexity index is 693. The first-order valence-corrected chi connectivity index (χ1v) is 13.3. The quantitative estimate of drug-likeness (QED) is 0.372. The second kappa shape index (κ2) is 11.5. The van der Waals surface area contributed by atoms with Crippen LogP contribution in [0.3, 0.4) is 0 Å². The van der Waals surface area contributed by atoms with Crippen molar-refractivity contribution in [2.24, 2.45) is 17.8 Å². The summed E-state index contributed by atoms with van der Waals surface area (Å²) >= 11 is 0. The van der Waals surface area contributed by atoms with Crippen molar-refractivity contribution >= 4 is 5.97 Å². The largest absolute Gasteiger partial charge is 0.462 e. The Morgan fingerprint density at radius 3 is 2.58 bits per heavy atom. The molecular weight excluding hydrogens is 420 g/mol. The Kier molecular flexibility index (Phi) is 8.18. The van der Waals surface area contributed by atoms with Gasteiger partial charge in [-0.05, 0) is 70.1 Å². The zero-order valence-corrected chi connectivity index (χ0v) is 19.8. The second-order valence-corrected chi connectivity index (χ2v) is 10.4. The molecule has 0 aromatic heterocycles. The van der Waals surface area contributed by atoms with Crippen LogP contribution in [-0.4, -0.2) is 50.1 Å². The lowest BCUT2D eigenvalue weighted by molar-refractivity contribution is -0.194. The number of allylic oxidation sites excluding steroid dienone is 2. The fraction of sp³-hybridized carbons (Fsp3) is 0.815. The van der Waals surface area contributed by atoms with Gasteiger partial charge in [-0.15, -0.1) is 0 Å². The zero-order chi connectivity index (χ0) is 22.5. The third-order valence-electron chi connectivity index (χ3n) is 7.92. The molecule has 4 fully saturated rings. The van der Waals surface area contributed by atoms with Crippen LogP contribution in [0, 0.1) is 17.8 Å². The maximum Gasteiger partial charge on any atom is 0.306 e. The van der Waals surface area contributed by atoms with Crippen LogP contribution in [0.25, 0.3) is 0 Å². The predicted octanol–water partition coefficient (Wildman–Crippen LogP) is 5.06. The maximum absolute atomic E-state index is 12.0. The summed E-state index contributed by atoms with van der Waals surface area (Å²) in [6.07, 6.45) is 21.2. The summed E-state index contributed by atoms with van der Waals surface area (Å²) in [6, 6.07) is 0. The molecule has 33 heavy (non-hydrogen) atoms. The van der Waals surface area contributed by atoms with Crippen LogP contribution in [0.15, 0.2) is 24.3 Å². The Morgan fingerprint density at radius 2 is 1.85 bits per heavy atom. The van der Waals surface area contributed by atoms with Crippen molar-refractivity contribution in [1.82, 2.24) is 0 Å². The fourth-order valence-corrected chi connectivity index (χ4v) is 6.15. The minimum absolute atomic E-state index is 0.00417. The molecule has 3 unspecified atom stereocenters. The lowest BCUT2D eigenvalue weighted by atomic mass is 9.88. The highest BCUT2D eigenvalue weighted by atomic mass is 16.7. The van der Waals surface area contributed by atoms with Crippen molar-refractivity contribution in [3.8, 4) is 0 Å². The number of carbonyl (C=O) groups is 1. The number of carbonyl (C=O) groups excluding carboxylic acids is 1. The Labute approximate surface area is 198 Å². The summed E-state index contributed by atoms with van der Waals surface area (Å²) in [5, 5.41) is 0. The standard InChI is InChI=1S/C27H40O6/c28-25-17-22-21(23(18-24(22)32-25)33-27-11-5-7-15-30-27)13-12-20(16-19-8-2-1-3-9-19)31-26-10-4-6-14-29-26/h2,8,12-13,19-24,26-27H,1,3-7,9-11,14-18H2/b13-12+/t19?,20-,21-,22-,23-,24+,26?,27?/m1/s1. The SMILES string of the molecule is O=C1C[C@@H]2[C@@H](/C=C/[C@H](CC3C=CCCC3)OC3CCCCO3)[C@H](OC3CCCCO3)C[C@@H]2O1. The van der Waals surface area contributed by atoms with Gasteiger partial charge in [0.05, 0.1) is 18.6 Å². The molecule has 1 saturated carbocycles. The van der Waals surface area contributed by atoms with E-state index in [2.05, 4.69) is 24.3 Å². The molecule has 0 bridgehead atoms. The summed E-state index contributed by atoms with van der Waals surface area (Å²) < 4.78 is 30.3. The lowest BCUT2D eigenvalue weighted by Gasteiger charge is -2.30. The molecule has 184 valence electrons. The van der Waals surface area contributed by atoms with E-state index in [1.165, 1.54) is 19.3 Å². The van der Waals surface area contributed by atoms with Gasteiger partial charge in [0.1, 0.15) is 6.10 Å². The summed E-state index contributed by atoms with van der Waals surface area (Å²) in [6.45, 7) is 1.56. The van der Waals surface area contributed by atoms with Crippen LogP contribution in [0.1, 0.15) is 77.0 Å². The molecule has 5 aliphatic rings. The van der Waals surface area contributed by atoms with E-state index in [1.807, 2.05) is 0 Å². The summed E-state index contributed by atoms with van der Waals surface area (Å²) in [5.41, 5.74) is 0. The van der Waals surface area contributed by atoms with Crippen LogP contribution in [-0.2, 0) is 28.5 Å². The second-order valence-electron chi connectivity index (χ2n) is 10.4. The van der Waals surface area contributed by atoms with Crippen molar-refractivity contribution in [2.75, 3.05) is 13.2 Å². The van der Waals surface area contributed by atoms with E-state index in [0.29, 0.717) is 12.3 Å². The van der Waals surface area contributed by atoms with Crippen LogP contribution in [0.2, 0.25) is 0 Å². The molecule has 6 heteroatoms. The number of hydrogen-bond donors (Lipinski definition) is 0. The predicted molar refractivity (Wildman–Crippen MR) is 123 cm³/mol. The van der Waals surface area contributed by atoms with E-state index in [0.717, 1.165) is 64.6 Å². The van der Waals surface area contributed by atoms with Gasteiger partial charge in [0.15, 0.2) is 12.6 Å². The van der Waals surface area contributed by atoms with E-state index in [9.17, 15) is 4.79 Å². The van der Waals surface area contributed by atoms with Gasteiger partial charge in [-0.3, -0.25) is 4.79 Å². The molecule has 2 aliphatic carbocycles. The smallest absolute Gasteiger partial charge is 0.306 e. The molecule has 0 aromatic rings. The maximum atomic E-state index is 12.0. The fourth-order valence-electron chi connectivity index (χ4n) is 6.15. The highest BCUT2D eigenvalue weighted by Gasteiger charge is 2.50. The molecule has 0 radical (unpaired) electrons. The summed E-state index contributed by atoms with van der Waals surface area (Å²) in [4.78, 5) is 12.0. The molecule has 0 spiro atoms. The molecule has 3 heterocycles. The van der Waals surface area contributed by atoms with E-state index in [-0.39, 0.29) is 48.7 Å². The van der Waals surface area contributed by atoms with Gasteiger partial charge in [-0.2, -0.15) is 0 Å². The van der Waals surface area contributed by atoms with Crippen LogP contribution < -0.4 is 0 Å². The van der Waals surface area contributed by atoms with E-state index < -0.39 is 0 Å². The molecule has 5 rings (SSSR count). The van der Waals surface area contributed by atoms with E-state index in [4.69, 9.17) is 23.7 Å². The number of hydrogen-bond acceptors (Lipinski definition) is 6. The first-order chi connectivity index (χ1) is 16.2. The van der Waals surface area contributed by atoms with Crippen molar-refractivity contribution in [1.29, 1.82) is 0 Å². The lowest BCUT2D eigenvalue weighted by Crippen LogP contribution is -2.31. The highest BCUT2D eigenvalue weighted by Crippen LogP contribution is 2.44. The third-order valence-corrected chi connectivity index (χ3v) is 7.92. The van der Waals surface area contributed by atoms with Gasteiger partial charge in [-0.25, -0.2) is 0 Å². The third kappa shape index (κ3) is 6.27. The number of esters is 1. The van der Waals surface area contributed by atoms with Crippen LogP contribution >= 0.6 is 0 Å². The highest BCUT2D eigenvalue weighted by molar-refractivity contribution is 5.72. The topological polar surface area (TPSA) is 63.2 Å². The Balaban J connectivity index is 1.28. The van der Waals surface area contributed by atoms with Crippen molar-refractivity contribution in [2.45, 2.75) is 108 Å². The molecule has 3 saturated heterocycles. The molecule has 0 aromatic carbocycles. The monoisotopic (exact) mass is 460 g/mol. The summed E-state index contributed by atoms with van der Waals surface area (Å²) in [5.74, 6) is 0.801. The van der Waals surface area contributed by atoms with Crippen molar-refractivity contribution in [3.05, 3.63) is 24.3 Å². The molecule has 0 N–H and O–H groups in total. The Hall–Kier alpha value is -1.21. The molecule has 0 amide bonds. The molecule has 6 nitrogen and oxygen atoms in total. The average molecular weight is 461 g/mol. The first kappa shape index (κ1) is 23.5. The van der Waals surface area contributed by atoms with Crippen LogP contribution in [0.4, 0.5) is 0 Å². The van der Waals surface area contributed by atoms with Crippen molar-refractivity contribution in [3.63, 3.8) is 0 Å². The van der Waals surface area contributed by atoms with E-state index in [1.54, 1.807) is 0 Å². The van der Waals surface area contributed by atoms with Gasteiger partial charge in [0, 0.05) is 31.5 Å². The number of fused-ring (bicyclic) bond motifs is 1. The zero-order valence-electron chi connectivity index (χ0n) is 19.8. The van der Waals surface area contributed by atoms with Crippen LogP contribution in [0.5, 0.6) is 0 Å². The van der Waals surface area contributed by atoms with Gasteiger partial charge in [-0.1, -0.05) is 24.3 Å². The Morgan fingerprint density at radius 1 is 1.03 bits per heavy atom. The van der Waals surface area contributed by atoms with Gasteiger partial charge in [0.2, 0.25) is 0 Å².